The van der Waals surface area contributed by atoms with E-state index >= 15 is 0 Å². The molecule has 6 nitrogen and oxygen atoms in total. The highest BCUT2D eigenvalue weighted by atomic mass is 32.1. The number of halogens is 1. The molecule has 0 aliphatic carbocycles. The number of carbonyl (C=O) groups excluding carboxylic acids is 2. The summed E-state index contributed by atoms with van der Waals surface area (Å²) in [5.41, 5.74) is 2.57. The van der Waals surface area contributed by atoms with E-state index in [2.05, 4.69) is 18.5 Å². The Hall–Kier alpha value is -4.30. The van der Waals surface area contributed by atoms with E-state index in [1.54, 1.807) is 30.3 Å². The fourth-order valence-electron chi connectivity index (χ4n) is 4.29. The van der Waals surface area contributed by atoms with Crippen molar-refractivity contribution in [2.24, 2.45) is 0 Å². The third-order valence-electron chi connectivity index (χ3n) is 6.18. The van der Waals surface area contributed by atoms with Crippen LogP contribution in [0.5, 0.6) is 5.75 Å². The molecule has 0 unspecified atom stereocenters. The molecule has 1 aromatic heterocycles. The standard InChI is InChI=1S/C29H23FN2O4S/c1-3-15-36-21-12-8-18(9-13-21)25-24(26(33)19-6-10-20(30)11-7-19)27(34)28(35)32(25)29-31-22-14-5-17(4-2)16-23(22)37-29/h3,5-14,16,25,33H,1,4,15H2,2H3/b26-24+/t25-/m1/s1. The molecule has 1 aliphatic heterocycles. The summed E-state index contributed by atoms with van der Waals surface area (Å²) in [6.45, 7) is 6.02. The summed E-state index contributed by atoms with van der Waals surface area (Å²) in [5, 5.41) is 11.5. The Labute approximate surface area is 217 Å². The Morgan fingerprint density at radius 1 is 1.14 bits per heavy atom. The number of anilines is 1. The maximum absolute atomic E-state index is 13.5. The number of benzene rings is 3. The van der Waals surface area contributed by atoms with Gasteiger partial charge in [0, 0.05) is 5.56 Å². The molecule has 0 spiro atoms. The van der Waals surface area contributed by atoms with E-state index in [-0.39, 0.29) is 16.9 Å². The zero-order chi connectivity index (χ0) is 26.1. The van der Waals surface area contributed by atoms with Gasteiger partial charge in [-0.1, -0.05) is 49.1 Å². The summed E-state index contributed by atoms with van der Waals surface area (Å²) in [6, 6.07) is 17.0. The lowest BCUT2D eigenvalue weighted by Crippen LogP contribution is -2.29. The fraction of sp³-hybridized carbons (Fsp3) is 0.138. The molecule has 1 atom stereocenters. The maximum Gasteiger partial charge on any atom is 0.301 e. The molecule has 0 radical (unpaired) electrons. The van der Waals surface area contributed by atoms with Crippen molar-refractivity contribution in [1.29, 1.82) is 0 Å². The molecule has 5 rings (SSSR count). The van der Waals surface area contributed by atoms with Gasteiger partial charge < -0.3 is 9.84 Å². The summed E-state index contributed by atoms with van der Waals surface area (Å²) in [4.78, 5) is 32.7. The van der Waals surface area contributed by atoms with Crippen LogP contribution in [0.25, 0.3) is 16.0 Å². The minimum absolute atomic E-state index is 0.0927. The van der Waals surface area contributed by atoms with Gasteiger partial charge >= 0.3 is 5.91 Å². The smallest absolute Gasteiger partial charge is 0.301 e. The van der Waals surface area contributed by atoms with E-state index < -0.39 is 23.5 Å². The summed E-state index contributed by atoms with van der Waals surface area (Å²) in [5.74, 6) is -1.91. The first kappa shape index (κ1) is 24.4. The van der Waals surface area contributed by atoms with Crippen molar-refractivity contribution in [2.45, 2.75) is 19.4 Å². The molecule has 1 fully saturated rings. The number of rotatable bonds is 7. The predicted molar refractivity (Wildman–Crippen MR) is 142 cm³/mol. The van der Waals surface area contributed by atoms with E-state index in [1.807, 2.05) is 18.2 Å². The lowest BCUT2D eigenvalue weighted by molar-refractivity contribution is -0.132. The molecular formula is C29H23FN2O4S. The number of hydrogen-bond donors (Lipinski definition) is 1. The molecule has 1 saturated heterocycles. The van der Waals surface area contributed by atoms with Crippen molar-refractivity contribution in [3.05, 3.63) is 107 Å². The average molecular weight is 515 g/mol. The number of Topliss-reactive ketones (excluding diaryl/α,β-unsaturated/α-hetero) is 1. The second kappa shape index (κ2) is 9.99. The molecule has 0 saturated carbocycles. The first-order chi connectivity index (χ1) is 17.9. The highest BCUT2D eigenvalue weighted by Gasteiger charge is 2.48. The second-order valence-electron chi connectivity index (χ2n) is 8.50. The van der Waals surface area contributed by atoms with Crippen LogP contribution < -0.4 is 9.64 Å². The number of hydrogen-bond acceptors (Lipinski definition) is 6. The number of aromatic nitrogens is 1. The van der Waals surface area contributed by atoms with E-state index in [0.29, 0.717) is 28.6 Å². The van der Waals surface area contributed by atoms with Crippen LogP contribution in [0.2, 0.25) is 0 Å². The SMILES string of the molecule is C=CCOc1ccc([C@@H]2/C(=C(\O)c3ccc(F)cc3)C(=O)C(=O)N2c2nc3ccc(CC)cc3s2)cc1. The maximum atomic E-state index is 13.5. The van der Waals surface area contributed by atoms with Crippen molar-refractivity contribution in [3.8, 4) is 5.75 Å². The van der Waals surface area contributed by atoms with Gasteiger partial charge in [-0.25, -0.2) is 9.37 Å². The van der Waals surface area contributed by atoms with E-state index in [9.17, 15) is 19.1 Å². The first-order valence-electron chi connectivity index (χ1n) is 11.7. The van der Waals surface area contributed by atoms with Crippen LogP contribution in [0.15, 0.2) is 85.0 Å². The number of fused-ring (bicyclic) bond motifs is 1. The second-order valence-corrected chi connectivity index (χ2v) is 9.51. The van der Waals surface area contributed by atoms with Crippen LogP contribution in [-0.2, 0) is 16.0 Å². The third-order valence-corrected chi connectivity index (χ3v) is 7.20. The van der Waals surface area contributed by atoms with Crippen molar-refractivity contribution < 1.29 is 23.8 Å². The van der Waals surface area contributed by atoms with Crippen molar-refractivity contribution in [2.75, 3.05) is 11.5 Å². The fourth-order valence-corrected chi connectivity index (χ4v) is 5.35. The topological polar surface area (TPSA) is 79.7 Å². The molecule has 186 valence electrons. The van der Waals surface area contributed by atoms with E-state index in [4.69, 9.17) is 4.74 Å². The molecule has 3 aromatic carbocycles. The summed E-state index contributed by atoms with van der Waals surface area (Å²) < 4.78 is 20.0. The zero-order valence-electron chi connectivity index (χ0n) is 20.0. The van der Waals surface area contributed by atoms with Gasteiger partial charge in [0.2, 0.25) is 0 Å². The lowest BCUT2D eigenvalue weighted by atomic mass is 9.95. The number of aliphatic hydroxyl groups excluding tert-OH is 1. The van der Waals surface area contributed by atoms with Gasteiger partial charge in [0.1, 0.15) is 23.9 Å². The number of ether oxygens (including phenoxy) is 1. The third kappa shape index (κ3) is 4.51. The Morgan fingerprint density at radius 3 is 2.54 bits per heavy atom. The van der Waals surface area contributed by atoms with Crippen LogP contribution in [-0.4, -0.2) is 28.4 Å². The number of ketones is 1. The van der Waals surface area contributed by atoms with Crippen molar-refractivity contribution >= 4 is 44.1 Å². The molecule has 1 aliphatic rings. The van der Waals surface area contributed by atoms with Gasteiger partial charge in [-0.05, 0) is 66.1 Å². The highest BCUT2D eigenvalue weighted by Crippen LogP contribution is 2.44. The van der Waals surface area contributed by atoms with Gasteiger partial charge in [0.25, 0.3) is 5.78 Å². The Bertz CT molecular complexity index is 1540. The Balaban J connectivity index is 1.67. The summed E-state index contributed by atoms with van der Waals surface area (Å²) in [6.07, 6.45) is 2.48. The molecule has 1 N–H and O–H groups in total. The van der Waals surface area contributed by atoms with E-state index in [1.165, 1.54) is 40.5 Å². The molecule has 8 heteroatoms. The van der Waals surface area contributed by atoms with E-state index in [0.717, 1.165) is 16.7 Å². The average Bonchev–Trinajstić information content (AvgIpc) is 3.45. The van der Waals surface area contributed by atoms with Crippen molar-refractivity contribution in [3.63, 3.8) is 0 Å². The highest BCUT2D eigenvalue weighted by molar-refractivity contribution is 7.22. The zero-order valence-corrected chi connectivity index (χ0v) is 20.8. The largest absolute Gasteiger partial charge is 0.507 e. The molecule has 37 heavy (non-hydrogen) atoms. The van der Waals surface area contributed by atoms with Crippen LogP contribution in [0.3, 0.4) is 0 Å². The van der Waals surface area contributed by atoms with Gasteiger partial charge in [-0.3, -0.25) is 14.5 Å². The number of amides is 1. The molecule has 0 bridgehead atoms. The van der Waals surface area contributed by atoms with Crippen LogP contribution in [0.4, 0.5) is 9.52 Å². The number of aliphatic hydroxyl groups is 1. The van der Waals surface area contributed by atoms with Crippen LogP contribution in [0.1, 0.15) is 29.7 Å². The van der Waals surface area contributed by atoms with Crippen LogP contribution in [0, 0.1) is 5.82 Å². The van der Waals surface area contributed by atoms with Gasteiger partial charge in [-0.2, -0.15) is 0 Å². The number of aryl methyl sites for hydroxylation is 1. The normalized spacial score (nSPS) is 16.9. The van der Waals surface area contributed by atoms with Gasteiger partial charge in [0.15, 0.2) is 5.13 Å². The minimum Gasteiger partial charge on any atom is -0.507 e. The summed E-state index contributed by atoms with van der Waals surface area (Å²) >= 11 is 1.31. The molecular weight excluding hydrogens is 491 g/mol. The molecule has 4 aromatic rings. The number of thiazole rings is 1. The number of nitrogens with zero attached hydrogens (tertiary/aromatic N) is 2. The number of carbonyl (C=O) groups is 2. The summed E-state index contributed by atoms with van der Waals surface area (Å²) in [7, 11) is 0. The van der Waals surface area contributed by atoms with Gasteiger partial charge in [0.05, 0.1) is 21.8 Å². The van der Waals surface area contributed by atoms with Crippen LogP contribution >= 0.6 is 11.3 Å². The first-order valence-corrected chi connectivity index (χ1v) is 12.5. The molecule has 1 amide bonds. The predicted octanol–water partition coefficient (Wildman–Crippen LogP) is 6.19. The monoisotopic (exact) mass is 514 g/mol. The Morgan fingerprint density at radius 2 is 1.86 bits per heavy atom. The minimum atomic E-state index is -0.940. The van der Waals surface area contributed by atoms with Gasteiger partial charge in [-0.15, -0.1) is 0 Å². The Kier molecular flexibility index (Phi) is 6.58. The molecule has 2 heterocycles. The lowest BCUT2D eigenvalue weighted by Gasteiger charge is -2.23. The quantitative estimate of drug-likeness (QED) is 0.138. The van der Waals surface area contributed by atoms with Crippen molar-refractivity contribution in [1.82, 2.24) is 4.98 Å².